The number of nitrogens with zero attached hydrogens (tertiary/aromatic N) is 4. The van der Waals surface area contributed by atoms with E-state index < -0.39 is 0 Å². The number of nitrogens with one attached hydrogen (secondary N) is 2. The Morgan fingerprint density at radius 3 is 2.69 bits per heavy atom. The number of piperazine rings is 1. The molecule has 6 nitrogen and oxygen atoms in total. The summed E-state index contributed by atoms with van der Waals surface area (Å²) < 4.78 is 14.8. The molecule has 1 aliphatic heterocycles. The van der Waals surface area contributed by atoms with Crippen LogP contribution in [0.1, 0.15) is 5.56 Å². The van der Waals surface area contributed by atoms with E-state index in [2.05, 4.69) is 20.6 Å². The quantitative estimate of drug-likeness (QED) is 0.739. The first-order chi connectivity index (χ1) is 12.8. The van der Waals surface area contributed by atoms with Gasteiger partial charge in [-0.25, -0.2) is 9.37 Å². The fourth-order valence-corrected chi connectivity index (χ4v) is 3.00. The van der Waals surface area contributed by atoms with Gasteiger partial charge in [-0.3, -0.25) is 4.68 Å². The second-order valence-electron chi connectivity index (χ2n) is 6.30. The molecule has 2 N–H and O–H groups in total. The Bertz CT molecular complexity index is 854. The van der Waals surface area contributed by atoms with Crippen LogP contribution in [0, 0.1) is 5.82 Å². The summed E-state index contributed by atoms with van der Waals surface area (Å²) in [5.41, 5.74) is 1.87. The van der Waals surface area contributed by atoms with Gasteiger partial charge in [0, 0.05) is 32.4 Å². The normalized spacial score (nSPS) is 14.4. The third kappa shape index (κ3) is 4.00. The van der Waals surface area contributed by atoms with Crippen LogP contribution in [-0.4, -0.2) is 40.9 Å². The Morgan fingerprint density at radius 1 is 1.08 bits per heavy atom. The number of aromatic nitrogens is 3. The summed E-state index contributed by atoms with van der Waals surface area (Å²) in [4.78, 5) is 6.98. The highest BCUT2D eigenvalue weighted by molar-refractivity contribution is 5.57. The van der Waals surface area contributed by atoms with Crippen molar-refractivity contribution in [3.05, 3.63) is 66.2 Å². The van der Waals surface area contributed by atoms with Gasteiger partial charge < -0.3 is 15.5 Å². The maximum Gasteiger partial charge on any atom is 0.132 e. The molecule has 0 aliphatic carbocycles. The Kier molecular flexibility index (Phi) is 4.79. The molecule has 3 aromatic rings. The van der Waals surface area contributed by atoms with Gasteiger partial charge in [0.25, 0.3) is 0 Å². The van der Waals surface area contributed by atoms with E-state index in [1.54, 1.807) is 18.3 Å². The van der Waals surface area contributed by atoms with E-state index in [0.717, 1.165) is 49.1 Å². The van der Waals surface area contributed by atoms with Crippen LogP contribution in [0.2, 0.25) is 0 Å². The predicted molar refractivity (Wildman–Crippen MR) is 100 cm³/mol. The van der Waals surface area contributed by atoms with E-state index in [4.69, 9.17) is 4.98 Å². The van der Waals surface area contributed by atoms with Gasteiger partial charge in [0.05, 0.1) is 18.4 Å². The molecule has 0 amide bonds. The van der Waals surface area contributed by atoms with Gasteiger partial charge >= 0.3 is 0 Å². The van der Waals surface area contributed by atoms with Crippen molar-refractivity contribution in [2.45, 2.75) is 6.54 Å². The van der Waals surface area contributed by atoms with Gasteiger partial charge in [0.15, 0.2) is 0 Å². The number of hydrogen-bond acceptors (Lipinski definition) is 5. The molecule has 0 unspecified atom stereocenters. The average molecular weight is 352 g/mol. The van der Waals surface area contributed by atoms with Crippen molar-refractivity contribution in [2.24, 2.45) is 0 Å². The molecule has 1 fully saturated rings. The smallest absolute Gasteiger partial charge is 0.132 e. The summed E-state index contributed by atoms with van der Waals surface area (Å²) in [6.45, 7) is 4.49. The van der Waals surface area contributed by atoms with Crippen molar-refractivity contribution < 1.29 is 4.39 Å². The maximum absolute atomic E-state index is 13.0. The van der Waals surface area contributed by atoms with Crippen LogP contribution in [-0.2, 0) is 6.54 Å². The molecule has 0 atom stereocenters. The number of rotatable bonds is 5. The highest BCUT2D eigenvalue weighted by Gasteiger charge is 2.12. The van der Waals surface area contributed by atoms with Gasteiger partial charge in [0.1, 0.15) is 17.5 Å². The second-order valence-corrected chi connectivity index (χ2v) is 6.30. The Labute approximate surface area is 151 Å². The lowest BCUT2D eigenvalue weighted by molar-refractivity contribution is 0.585. The fourth-order valence-electron chi connectivity index (χ4n) is 3.00. The average Bonchev–Trinajstić information content (AvgIpc) is 3.11. The first kappa shape index (κ1) is 16.5. The van der Waals surface area contributed by atoms with E-state index >= 15 is 0 Å². The Balaban J connectivity index is 1.43. The van der Waals surface area contributed by atoms with Gasteiger partial charge in [-0.2, -0.15) is 5.10 Å². The molecule has 26 heavy (non-hydrogen) atoms. The van der Waals surface area contributed by atoms with E-state index in [1.165, 1.54) is 12.1 Å². The van der Waals surface area contributed by atoms with E-state index in [-0.39, 0.29) is 5.82 Å². The Morgan fingerprint density at radius 2 is 1.88 bits per heavy atom. The van der Waals surface area contributed by atoms with Crippen LogP contribution < -0.4 is 15.5 Å². The van der Waals surface area contributed by atoms with Crippen LogP contribution in [0.3, 0.4) is 0 Å². The van der Waals surface area contributed by atoms with Gasteiger partial charge in [0.2, 0.25) is 0 Å². The zero-order chi connectivity index (χ0) is 17.8. The molecule has 0 bridgehead atoms. The topological polar surface area (TPSA) is 58.0 Å². The lowest BCUT2D eigenvalue weighted by atomic mass is 10.2. The molecule has 1 aromatic carbocycles. The highest BCUT2D eigenvalue weighted by Crippen LogP contribution is 2.19. The molecule has 4 rings (SSSR count). The zero-order valence-corrected chi connectivity index (χ0v) is 14.4. The number of anilines is 3. The summed E-state index contributed by atoms with van der Waals surface area (Å²) in [7, 11) is 0. The summed E-state index contributed by atoms with van der Waals surface area (Å²) in [5, 5.41) is 11.0. The minimum Gasteiger partial charge on any atom is -0.354 e. The number of pyridine rings is 1. The van der Waals surface area contributed by atoms with Crippen LogP contribution in [0.15, 0.2) is 54.9 Å². The summed E-state index contributed by atoms with van der Waals surface area (Å²) in [5.74, 6) is 1.55. The maximum atomic E-state index is 13.0. The third-order valence-corrected chi connectivity index (χ3v) is 4.34. The summed E-state index contributed by atoms with van der Waals surface area (Å²) in [6.07, 6.45) is 3.69. The minimum absolute atomic E-state index is 0.230. The molecule has 0 radical (unpaired) electrons. The standard InChI is InChI=1S/C19H21FN6/c20-16-6-4-15(5-7-16)13-26-14-17(12-22-26)23-18-2-1-3-19(24-18)25-10-8-21-9-11-25/h1-7,12,14,21H,8-11,13H2,(H,23,24). The molecule has 0 spiro atoms. The van der Waals surface area contributed by atoms with Crippen molar-refractivity contribution in [3.8, 4) is 0 Å². The van der Waals surface area contributed by atoms with Crippen LogP contribution in [0.5, 0.6) is 0 Å². The Hall–Kier alpha value is -2.93. The van der Waals surface area contributed by atoms with Crippen molar-refractivity contribution in [2.75, 3.05) is 36.4 Å². The lowest BCUT2D eigenvalue weighted by Gasteiger charge is -2.28. The molecule has 1 aliphatic rings. The van der Waals surface area contributed by atoms with Crippen molar-refractivity contribution in [1.82, 2.24) is 20.1 Å². The van der Waals surface area contributed by atoms with Crippen LogP contribution >= 0.6 is 0 Å². The van der Waals surface area contributed by atoms with Gasteiger partial charge in [-0.15, -0.1) is 0 Å². The molecule has 2 aromatic heterocycles. The molecule has 0 saturated carbocycles. The largest absolute Gasteiger partial charge is 0.354 e. The molecule has 134 valence electrons. The monoisotopic (exact) mass is 352 g/mol. The van der Waals surface area contributed by atoms with E-state index in [9.17, 15) is 4.39 Å². The van der Waals surface area contributed by atoms with E-state index in [1.807, 2.05) is 29.1 Å². The molecule has 3 heterocycles. The summed E-state index contributed by atoms with van der Waals surface area (Å²) in [6, 6.07) is 12.4. The van der Waals surface area contributed by atoms with Crippen molar-refractivity contribution >= 4 is 17.3 Å². The first-order valence-corrected chi connectivity index (χ1v) is 8.73. The SMILES string of the molecule is Fc1ccc(Cn2cc(Nc3cccc(N4CCNCC4)n3)cn2)cc1. The van der Waals surface area contributed by atoms with Crippen molar-refractivity contribution in [3.63, 3.8) is 0 Å². The molecule has 7 heteroatoms. The predicted octanol–water partition coefficient (Wildman–Crippen LogP) is 2.62. The third-order valence-electron chi connectivity index (χ3n) is 4.34. The lowest BCUT2D eigenvalue weighted by Crippen LogP contribution is -2.43. The van der Waals surface area contributed by atoms with Gasteiger partial charge in [-0.1, -0.05) is 18.2 Å². The number of hydrogen-bond donors (Lipinski definition) is 2. The first-order valence-electron chi connectivity index (χ1n) is 8.73. The molecular formula is C19H21FN6. The molecule has 1 saturated heterocycles. The molecular weight excluding hydrogens is 331 g/mol. The highest BCUT2D eigenvalue weighted by atomic mass is 19.1. The zero-order valence-electron chi connectivity index (χ0n) is 14.4. The summed E-state index contributed by atoms with van der Waals surface area (Å²) >= 11 is 0. The fraction of sp³-hybridized carbons (Fsp3) is 0.263. The number of halogens is 1. The van der Waals surface area contributed by atoms with E-state index in [0.29, 0.717) is 6.54 Å². The second kappa shape index (κ2) is 7.53. The number of benzene rings is 1. The minimum atomic E-state index is -0.230. The van der Waals surface area contributed by atoms with Gasteiger partial charge in [-0.05, 0) is 29.8 Å². The van der Waals surface area contributed by atoms with Crippen LogP contribution in [0.25, 0.3) is 0 Å². The van der Waals surface area contributed by atoms with Crippen LogP contribution in [0.4, 0.5) is 21.7 Å². The van der Waals surface area contributed by atoms with Crippen molar-refractivity contribution in [1.29, 1.82) is 0 Å².